The van der Waals surface area contributed by atoms with Crippen molar-refractivity contribution in [1.29, 1.82) is 0 Å². The van der Waals surface area contributed by atoms with Gasteiger partial charge in [0.2, 0.25) is 0 Å². The summed E-state index contributed by atoms with van der Waals surface area (Å²) in [5, 5.41) is 12.5. The fraction of sp³-hybridized carbons (Fsp3) is 1.00. The van der Waals surface area contributed by atoms with Gasteiger partial charge in [-0.25, -0.2) is 0 Å². The standard InChI is InChI=1S/C15H30N2O2/c1-16-11-15(7-3-10-19-13-15)12-17(8-4-9-18)14-5-2-6-14/h14,16,18H,2-13H2,1H3. The van der Waals surface area contributed by atoms with Gasteiger partial charge < -0.3 is 15.2 Å². The van der Waals surface area contributed by atoms with Gasteiger partial charge in [-0.1, -0.05) is 6.42 Å². The second-order valence-electron chi connectivity index (χ2n) is 6.32. The molecule has 1 unspecified atom stereocenters. The lowest BCUT2D eigenvalue weighted by Gasteiger charge is -2.45. The quantitative estimate of drug-likeness (QED) is 0.696. The summed E-state index contributed by atoms with van der Waals surface area (Å²) < 4.78 is 5.76. The van der Waals surface area contributed by atoms with Crippen LogP contribution in [0.1, 0.15) is 38.5 Å². The van der Waals surface area contributed by atoms with Crippen LogP contribution in [0.2, 0.25) is 0 Å². The van der Waals surface area contributed by atoms with Crippen LogP contribution in [-0.4, -0.2) is 62.6 Å². The smallest absolute Gasteiger partial charge is 0.0546 e. The third kappa shape index (κ3) is 4.15. The Labute approximate surface area is 117 Å². The largest absolute Gasteiger partial charge is 0.396 e. The van der Waals surface area contributed by atoms with E-state index in [1.165, 1.54) is 32.1 Å². The zero-order valence-electron chi connectivity index (χ0n) is 12.4. The number of rotatable bonds is 8. The molecule has 0 spiro atoms. The molecule has 2 aliphatic rings. The van der Waals surface area contributed by atoms with E-state index in [9.17, 15) is 0 Å². The maximum Gasteiger partial charge on any atom is 0.0546 e. The molecule has 19 heavy (non-hydrogen) atoms. The fourth-order valence-corrected chi connectivity index (χ4v) is 3.45. The third-order valence-electron chi connectivity index (χ3n) is 4.69. The van der Waals surface area contributed by atoms with Crippen LogP contribution in [0.25, 0.3) is 0 Å². The van der Waals surface area contributed by atoms with E-state index in [-0.39, 0.29) is 5.41 Å². The van der Waals surface area contributed by atoms with Crippen LogP contribution in [-0.2, 0) is 4.74 Å². The summed E-state index contributed by atoms with van der Waals surface area (Å²) in [6.45, 7) is 5.31. The van der Waals surface area contributed by atoms with Gasteiger partial charge in [0.15, 0.2) is 0 Å². The van der Waals surface area contributed by atoms with Crippen molar-refractivity contribution in [3.63, 3.8) is 0 Å². The van der Waals surface area contributed by atoms with Gasteiger partial charge in [0.25, 0.3) is 0 Å². The highest BCUT2D eigenvalue weighted by molar-refractivity contribution is 4.90. The second kappa shape index (κ2) is 7.58. The Morgan fingerprint density at radius 2 is 2.21 bits per heavy atom. The summed E-state index contributed by atoms with van der Waals surface area (Å²) in [6.07, 6.45) is 7.38. The third-order valence-corrected chi connectivity index (χ3v) is 4.69. The van der Waals surface area contributed by atoms with Gasteiger partial charge in [-0.3, -0.25) is 4.90 Å². The number of hydrogen-bond acceptors (Lipinski definition) is 4. The van der Waals surface area contributed by atoms with Gasteiger partial charge >= 0.3 is 0 Å². The van der Waals surface area contributed by atoms with Crippen LogP contribution < -0.4 is 5.32 Å². The first kappa shape index (κ1) is 15.2. The van der Waals surface area contributed by atoms with Crippen molar-refractivity contribution in [3.05, 3.63) is 0 Å². The van der Waals surface area contributed by atoms with E-state index >= 15 is 0 Å². The number of hydrogen-bond donors (Lipinski definition) is 2. The minimum atomic E-state index is 0.276. The predicted octanol–water partition coefficient (Wildman–Crippen LogP) is 1.24. The average molecular weight is 270 g/mol. The minimum Gasteiger partial charge on any atom is -0.396 e. The molecule has 1 saturated carbocycles. The molecule has 112 valence electrons. The van der Waals surface area contributed by atoms with E-state index in [1.807, 2.05) is 7.05 Å². The summed E-state index contributed by atoms with van der Waals surface area (Å²) in [6, 6.07) is 0.752. The molecule has 1 heterocycles. The number of nitrogens with one attached hydrogen (secondary N) is 1. The van der Waals surface area contributed by atoms with Gasteiger partial charge in [0, 0.05) is 44.3 Å². The highest BCUT2D eigenvalue weighted by Gasteiger charge is 2.37. The van der Waals surface area contributed by atoms with Crippen molar-refractivity contribution in [1.82, 2.24) is 10.2 Å². The molecule has 1 saturated heterocycles. The molecule has 0 radical (unpaired) electrons. The molecule has 4 nitrogen and oxygen atoms in total. The number of nitrogens with zero attached hydrogens (tertiary/aromatic N) is 1. The first-order chi connectivity index (χ1) is 9.29. The van der Waals surface area contributed by atoms with Gasteiger partial charge in [-0.15, -0.1) is 0 Å². The molecule has 0 aromatic rings. The summed E-state index contributed by atoms with van der Waals surface area (Å²) in [7, 11) is 2.04. The van der Waals surface area contributed by atoms with Crippen molar-refractivity contribution in [3.8, 4) is 0 Å². The lowest BCUT2D eigenvalue weighted by atomic mass is 9.80. The second-order valence-corrected chi connectivity index (χ2v) is 6.32. The zero-order chi connectivity index (χ0) is 13.6. The molecule has 1 aliphatic carbocycles. The Balaban J connectivity index is 1.94. The summed E-state index contributed by atoms with van der Waals surface area (Å²) in [4.78, 5) is 2.62. The lowest BCUT2D eigenvalue weighted by molar-refractivity contribution is -0.0396. The van der Waals surface area contributed by atoms with E-state index < -0.39 is 0 Å². The van der Waals surface area contributed by atoms with E-state index in [1.54, 1.807) is 0 Å². The van der Waals surface area contributed by atoms with Crippen LogP contribution in [0, 0.1) is 5.41 Å². The molecule has 0 bridgehead atoms. The molecule has 0 aromatic carbocycles. The van der Waals surface area contributed by atoms with Gasteiger partial charge in [-0.2, -0.15) is 0 Å². The normalized spacial score (nSPS) is 28.6. The van der Waals surface area contributed by atoms with E-state index in [2.05, 4.69) is 10.2 Å². The zero-order valence-corrected chi connectivity index (χ0v) is 12.4. The van der Waals surface area contributed by atoms with E-state index in [0.717, 1.165) is 45.3 Å². The van der Waals surface area contributed by atoms with Gasteiger partial charge in [-0.05, 0) is 39.2 Å². The van der Waals surface area contributed by atoms with Gasteiger partial charge in [0.05, 0.1) is 6.61 Å². The Kier molecular flexibility index (Phi) is 6.07. The Morgan fingerprint density at radius 1 is 1.37 bits per heavy atom. The van der Waals surface area contributed by atoms with Crippen LogP contribution in [0.4, 0.5) is 0 Å². The highest BCUT2D eigenvalue weighted by Crippen LogP contribution is 2.33. The maximum atomic E-state index is 9.10. The Morgan fingerprint density at radius 3 is 2.74 bits per heavy atom. The lowest BCUT2D eigenvalue weighted by Crippen LogP contribution is -2.52. The molecular weight excluding hydrogens is 240 g/mol. The number of aliphatic hydroxyl groups is 1. The van der Waals surface area contributed by atoms with Crippen LogP contribution in [0.15, 0.2) is 0 Å². The van der Waals surface area contributed by atoms with Crippen LogP contribution in [0.3, 0.4) is 0 Å². The molecule has 1 aliphatic heterocycles. The van der Waals surface area contributed by atoms with Crippen molar-refractivity contribution < 1.29 is 9.84 Å². The van der Waals surface area contributed by atoms with Crippen molar-refractivity contribution in [2.24, 2.45) is 5.41 Å². The summed E-state index contributed by atoms with van der Waals surface area (Å²) in [5.74, 6) is 0. The molecule has 0 amide bonds. The molecule has 2 fully saturated rings. The summed E-state index contributed by atoms with van der Waals surface area (Å²) >= 11 is 0. The minimum absolute atomic E-state index is 0.276. The first-order valence-corrected chi connectivity index (χ1v) is 7.87. The molecule has 1 atom stereocenters. The predicted molar refractivity (Wildman–Crippen MR) is 77.3 cm³/mol. The SMILES string of the molecule is CNCC1(CN(CCCO)C2CCC2)CCCOC1. The summed E-state index contributed by atoms with van der Waals surface area (Å²) in [5.41, 5.74) is 0.276. The molecule has 2 rings (SSSR count). The van der Waals surface area contributed by atoms with Gasteiger partial charge in [0.1, 0.15) is 0 Å². The van der Waals surface area contributed by atoms with Crippen molar-refractivity contribution in [2.45, 2.75) is 44.6 Å². The topological polar surface area (TPSA) is 44.7 Å². The monoisotopic (exact) mass is 270 g/mol. The average Bonchev–Trinajstić information content (AvgIpc) is 2.35. The van der Waals surface area contributed by atoms with E-state index in [0.29, 0.717) is 6.61 Å². The van der Waals surface area contributed by atoms with Crippen LogP contribution in [0.5, 0.6) is 0 Å². The molecule has 2 N–H and O–H groups in total. The van der Waals surface area contributed by atoms with E-state index in [4.69, 9.17) is 9.84 Å². The van der Waals surface area contributed by atoms with Crippen molar-refractivity contribution in [2.75, 3.05) is 46.5 Å². The Bertz CT molecular complexity index is 245. The molecular formula is C15H30N2O2. The molecule has 4 heteroatoms. The van der Waals surface area contributed by atoms with Crippen molar-refractivity contribution >= 4 is 0 Å². The first-order valence-electron chi connectivity index (χ1n) is 7.87. The fourth-order valence-electron chi connectivity index (χ4n) is 3.45. The highest BCUT2D eigenvalue weighted by atomic mass is 16.5. The Hall–Kier alpha value is -0.160. The van der Waals surface area contributed by atoms with Crippen LogP contribution >= 0.6 is 0 Å². The molecule has 0 aromatic heterocycles. The number of ether oxygens (including phenoxy) is 1. The maximum absolute atomic E-state index is 9.10. The number of aliphatic hydroxyl groups excluding tert-OH is 1.